The van der Waals surface area contributed by atoms with Crippen molar-refractivity contribution in [1.29, 1.82) is 0 Å². The third kappa shape index (κ3) is 3.44. The number of phenolic OH excluding ortho intramolecular Hbond substituents is 1. The second kappa shape index (κ2) is 6.30. The van der Waals surface area contributed by atoms with Crippen LogP contribution in [0, 0.1) is 9.49 Å². The molecule has 1 aromatic carbocycles. The number of amides is 1. The van der Waals surface area contributed by atoms with Crippen molar-refractivity contribution in [2.75, 3.05) is 6.61 Å². The zero-order chi connectivity index (χ0) is 14.8. The monoisotopic (exact) mass is 389 g/mol. The van der Waals surface area contributed by atoms with E-state index >= 15 is 0 Å². The molecule has 1 amide bonds. The fourth-order valence-corrected chi connectivity index (χ4v) is 3.45. The van der Waals surface area contributed by atoms with Crippen molar-refractivity contribution in [2.45, 2.75) is 38.1 Å². The molecule has 1 aliphatic rings. The maximum atomic E-state index is 12.4. The van der Waals surface area contributed by atoms with Crippen LogP contribution < -0.4 is 5.32 Å². The van der Waals surface area contributed by atoms with Gasteiger partial charge in [-0.25, -0.2) is 0 Å². The quantitative estimate of drug-likeness (QED) is 0.697. The predicted octanol–water partition coefficient (Wildman–Crippen LogP) is 2.67. The minimum Gasteiger partial charge on any atom is -0.507 e. The summed E-state index contributed by atoms with van der Waals surface area (Å²) in [6, 6.07) is 4.92. The van der Waals surface area contributed by atoms with Crippen LogP contribution in [-0.2, 0) is 0 Å². The number of carbonyl (C=O) groups excluding carboxylic acids is 1. The summed E-state index contributed by atoms with van der Waals surface area (Å²) in [5.41, 5.74) is -0.286. The molecule has 5 heteroatoms. The van der Waals surface area contributed by atoms with Gasteiger partial charge in [-0.3, -0.25) is 4.79 Å². The fourth-order valence-electron chi connectivity index (χ4n) is 2.96. The van der Waals surface area contributed by atoms with Crippen LogP contribution in [0.3, 0.4) is 0 Å². The molecule has 4 nitrogen and oxygen atoms in total. The van der Waals surface area contributed by atoms with Crippen LogP contribution in [0.25, 0.3) is 0 Å². The Labute approximate surface area is 132 Å². The van der Waals surface area contributed by atoms with Gasteiger partial charge in [0.05, 0.1) is 17.7 Å². The largest absolute Gasteiger partial charge is 0.507 e. The lowest BCUT2D eigenvalue weighted by Gasteiger charge is -2.39. The van der Waals surface area contributed by atoms with Gasteiger partial charge in [0.25, 0.3) is 5.91 Å². The smallest absolute Gasteiger partial charge is 0.255 e. The normalized spacial score (nSPS) is 26.2. The standard InChI is InChI=1S/C15H20INO3/c1-10-3-2-6-15(8-10,9-18)17-14(20)12-7-11(16)4-5-13(12)19/h4-5,7,10,18-19H,2-3,6,8-9H2,1H3,(H,17,20). The van der Waals surface area contributed by atoms with E-state index in [2.05, 4.69) is 34.8 Å². The number of aromatic hydroxyl groups is 1. The van der Waals surface area contributed by atoms with Gasteiger partial charge in [-0.05, 0) is 59.5 Å². The van der Waals surface area contributed by atoms with Gasteiger partial charge in [0.15, 0.2) is 0 Å². The van der Waals surface area contributed by atoms with Crippen molar-refractivity contribution in [3.8, 4) is 5.75 Å². The van der Waals surface area contributed by atoms with Gasteiger partial charge in [0, 0.05) is 3.57 Å². The van der Waals surface area contributed by atoms with E-state index in [0.29, 0.717) is 5.92 Å². The van der Waals surface area contributed by atoms with Gasteiger partial charge < -0.3 is 15.5 Å². The maximum Gasteiger partial charge on any atom is 0.255 e. The molecule has 1 aromatic rings. The van der Waals surface area contributed by atoms with E-state index in [9.17, 15) is 15.0 Å². The summed E-state index contributed by atoms with van der Waals surface area (Å²) in [5.74, 6) is 0.143. The summed E-state index contributed by atoms with van der Waals surface area (Å²) in [5, 5.41) is 22.5. The first kappa shape index (κ1) is 15.6. The summed E-state index contributed by atoms with van der Waals surface area (Å²) < 4.78 is 0.889. The maximum absolute atomic E-state index is 12.4. The van der Waals surface area contributed by atoms with Gasteiger partial charge in [-0.2, -0.15) is 0 Å². The summed E-state index contributed by atoms with van der Waals surface area (Å²) in [6.45, 7) is 2.08. The second-order valence-corrected chi connectivity index (χ2v) is 7.00. The molecule has 1 aliphatic carbocycles. The highest BCUT2D eigenvalue weighted by Gasteiger charge is 2.36. The number of rotatable bonds is 3. The lowest BCUT2D eigenvalue weighted by atomic mass is 9.76. The molecule has 1 saturated carbocycles. The van der Waals surface area contributed by atoms with Gasteiger partial charge in [0.2, 0.25) is 0 Å². The first-order chi connectivity index (χ1) is 9.46. The highest BCUT2D eigenvalue weighted by atomic mass is 127. The van der Waals surface area contributed by atoms with E-state index in [-0.39, 0.29) is 23.8 Å². The Morgan fingerprint density at radius 2 is 2.30 bits per heavy atom. The summed E-state index contributed by atoms with van der Waals surface area (Å²) >= 11 is 2.10. The lowest BCUT2D eigenvalue weighted by molar-refractivity contribution is 0.0695. The van der Waals surface area contributed by atoms with Crippen LogP contribution >= 0.6 is 22.6 Å². The molecule has 0 heterocycles. The average molecular weight is 389 g/mol. The molecular weight excluding hydrogens is 369 g/mol. The third-order valence-corrected chi connectivity index (χ3v) is 4.65. The minimum atomic E-state index is -0.553. The molecule has 0 spiro atoms. The SMILES string of the molecule is CC1CCCC(CO)(NC(=O)c2cc(I)ccc2O)C1. The number of carbonyl (C=O) groups is 1. The zero-order valence-corrected chi connectivity index (χ0v) is 13.7. The Hall–Kier alpha value is -0.820. The van der Waals surface area contributed by atoms with Gasteiger partial charge >= 0.3 is 0 Å². The number of benzene rings is 1. The van der Waals surface area contributed by atoms with E-state index in [0.717, 1.165) is 29.3 Å². The molecule has 0 aliphatic heterocycles. The molecule has 0 saturated heterocycles. The van der Waals surface area contributed by atoms with Gasteiger partial charge in [-0.15, -0.1) is 0 Å². The molecule has 0 bridgehead atoms. The van der Waals surface area contributed by atoms with E-state index < -0.39 is 5.54 Å². The van der Waals surface area contributed by atoms with Crippen molar-refractivity contribution in [1.82, 2.24) is 5.32 Å². The molecule has 2 atom stereocenters. The van der Waals surface area contributed by atoms with Crippen LogP contribution in [0.1, 0.15) is 43.0 Å². The average Bonchev–Trinajstić information content (AvgIpc) is 2.41. The van der Waals surface area contributed by atoms with Crippen molar-refractivity contribution >= 4 is 28.5 Å². The van der Waals surface area contributed by atoms with Crippen LogP contribution in [-0.4, -0.2) is 28.3 Å². The summed E-state index contributed by atoms with van der Waals surface area (Å²) in [7, 11) is 0. The number of phenols is 1. The molecule has 110 valence electrons. The molecular formula is C15H20INO3. The highest BCUT2D eigenvalue weighted by molar-refractivity contribution is 14.1. The summed E-state index contributed by atoms with van der Waals surface area (Å²) in [4.78, 5) is 12.4. The van der Waals surface area contributed by atoms with Crippen LogP contribution in [0.5, 0.6) is 5.75 Å². The molecule has 20 heavy (non-hydrogen) atoms. The Kier molecular flexibility index (Phi) is 4.90. The first-order valence-corrected chi connectivity index (χ1v) is 7.95. The van der Waals surface area contributed by atoms with Crippen molar-refractivity contribution < 1.29 is 15.0 Å². The zero-order valence-electron chi connectivity index (χ0n) is 11.5. The molecule has 2 rings (SSSR count). The van der Waals surface area contributed by atoms with Crippen molar-refractivity contribution in [3.63, 3.8) is 0 Å². The van der Waals surface area contributed by atoms with E-state index in [4.69, 9.17) is 0 Å². The topological polar surface area (TPSA) is 69.6 Å². The van der Waals surface area contributed by atoms with Crippen LogP contribution in [0.4, 0.5) is 0 Å². The first-order valence-electron chi connectivity index (χ1n) is 6.88. The van der Waals surface area contributed by atoms with Gasteiger partial charge in [-0.1, -0.05) is 19.8 Å². The number of aliphatic hydroxyl groups excluding tert-OH is 1. The lowest BCUT2D eigenvalue weighted by Crippen LogP contribution is -2.53. The van der Waals surface area contributed by atoms with E-state index in [1.807, 2.05) is 0 Å². The number of hydrogen-bond donors (Lipinski definition) is 3. The molecule has 2 unspecified atom stereocenters. The van der Waals surface area contributed by atoms with Crippen LogP contribution in [0.15, 0.2) is 18.2 Å². The van der Waals surface area contributed by atoms with Crippen molar-refractivity contribution in [2.24, 2.45) is 5.92 Å². The highest BCUT2D eigenvalue weighted by Crippen LogP contribution is 2.32. The Bertz CT molecular complexity index is 506. The molecule has 0 radical (unpaired) electrons. The number of halogens is 1. The number of aliphatic hydroxyl groups is 1. The number of nitrogens with one attached hydrogen (secondary N) is 1. The predicted molar refractivity (Wildman–Crippen MR) is 85.7 cm³/mol. The summed E-state index contributed by atoms with van der Waals surface area (Å²) in [6.07, 6.45) is 3.69. The molecule has 3 N–H and O–H groups in total. The third-order valence-electron chi connectivity index (χ3n) is 3.98. The van der Waals surface area contributed by atoms with E-state index in [1.54, 1.807) is 12.1 Å². The fraction of sp³-hybridized carbons (Fsp3) is 0.533. The minimum absolute atomic E-state index is 0.0279. The molecule has 0 aromatic heterocycles. The van der Waals surface area contributed by atoms with Gasteiger partial charge in [0.1, 0.15) is 5.75 Å². The Balaban J connectivity index is 2.19. The second-order valence-electron chi connectivity index (χ2n) is 5.76. The Morgan fingerprint density at radius 3 is 2.95 bits per heavy atom. The molecule has 1 fully saturated rings. The number of hydrogen-bond acceptors (Lipinski definition) is 3. The van der Waals surface area contributed by atoms with Crippen molar-refractivity contribution in [3.05, 3.63) is 27.3 Å². The van der Waals surface area contributed by atoms with Crippen LogP contribution in [0.2, 0.25) is 0 Å². The van der Waals surface area contributed by atoms with E-state index in [1.165, 1.54) is 6.07 Å². The Morgan fingerprint density at radius 1 is 1.55 bits per heavy atom.